The Labute approximate surface area is 299 Å². The van der Waals surface area contributed by atoms with Crippen molar-refractivity contribution in [1.82, 2.24) is 19.6 Å². The van der Waals surface area contributed by atoms with Gasteiger partial charge in [-0.3, -0.25) is 10.1 Å². The Morgan fingerprint density at radius 2 is 1.35 bits per heavy atom. The summed E-state index contributed by atoms with van der Waals surface area (Å²) >= 11 is 0. The van der Waals surface area contributed by atoms with Crippen LogP contribution in [0.2, 0.25) is 0 Å². The summed E-state index contributed by atoms with van der Waals surface area (Å²) in [4.78, 5) is 14.6. The van der Waals surface area contributed by atoms with Crippen LogP contribution in [0.1, 0.15) is 30.8 Å². The average molecular weight is 673 g/mol. The van der Waals surface area contributed by atoms with E-state index in [1.807, 2.05) is 65.3 Å². The Bertz CT molecular complexity index is 2930. The Hall–Kier alpha value is -6.86. The predicted octanol–water partition coefficient (Wildman–Crippen LogP) is 10.6. The Morgan fingerprint density at radius 3 is 2.21 bits per heavy atom. The van der Waals surface area contributed by atoms with Gasteiger partial charge in [-0.1, -0.05) is 123 Å². The molecule has 0 radical (unpaired) electrons. The van der Waals surface area contributed by atoms with Crippen molar-refractivity contribution >= 4 is 49.5 Å². The van der Waals surface area contributed by atoms with Gasteiger partial charge >= 0.3 is 0 Å². The molecular formula is C45H32N6O. The summed E-state index contributed by atoms with van der Waals surface area (Å²) in [7, 11) is 0. The molecule has 0 fully saturated rings. The fraction of sp³-hybridized carbons (Fsp3) is 0.0667. The molecule has 3 heterocycles. The summed E-state index contributed by atoms with van der Waals surface area (Å²) < 4.78 is 8.47. The topological polar surface area (TPSA) is 92.6 Å². The number of aromatic nitrogens is 4. The van der Waals surface area contributed by atoms with Crippen LogP contribution in [0, 0.1) is 5.41 Å². The third kappa shape index (κ3) is 4.52. The zero-order valence-electron chi connectivity index (χ0n) is 28.6. The molecule has 7 nitrogen and oxygen atoms in total. The first-order valence-electron chi connectivity index (χ1n) is 17.4. The first kappa shape index (κ1) is 30.0. The standard InChI is InChI=1S/C45H32N6O/c1-45(2)35-17-9-6-14-29(35)30-21-20-28(26-36(30)45)43-48-42(27-12-4-3-5-13-27)49-44(50-43)37(46)24-25-47-51-38-18-10-7-15-31(38)33-22-23-34-32-16-8-11-19-39(32)52-41(34)40(33)51/h3-26,46-47H,1-2H3/b25-24-,46-37?. The van der Waals surface area contributed by atoms with Crippen LogP contribution in [0.5, 0.6) is 0 Å². The van der Waals surface area contributed by atoms with Crippen molar-refractivity contribution in [3.05, 3.63) is 163 Å². The molecule has 1 aliphatic rings. The normalized spacial score (nSPS) is 13.3. The van der Waals surface area contributed by atoms with Gasteiger partial charge in [-0.15, -0.1) is 0 Å². The highest BCUT2D eigenvalue weighted by atomic mass is 16.3. The van der Waals surface area contributed by atoms with Crippen LogP contribution >= 0.6 is 0 Å². The summed E-state index contributed by atoms with van der Waals surface area (Å²) in [5, 5.41) is 13.5. The van der Waals surface area contributed by atoms with Crippen molar-refractivity contribution in [2.24, 2.45) is 0 Å². The van der Waals surface area contributed by atoms with Crippen LogP contribution in [-0.2, 0) is 5.41 Å². The predicted molar refractivity (Wildman–Crippen MR) is 210 cm³/mol. The number of nitrogens with zero attached hydrogens (tertiary/aromatic N) is 4. The smallest absolute Gasteiger partial charge is 0.181 e. The van der Waals surface area contributed by atoms with E-state index in [9.17, 15) is 5.41 Å². The number of nitrogens with one attached hydrogen (secondary N) is 2. The number of benzene rings is 6. The maximum absolute atomic E-state index is 9.17. The minimum Gasteiger partial charge on any atom is -0.454 e. The highest BCUT2D eigenvalue weighted by Crippen LogP contribution is 2.49. The van der Waals surface area contributed by atoms with E-state index in [1.54, 1.807) is 12.3 Å². The Morgan fingerprint density at radius 1 is 0.654 bits per heavy atom. The number of para-hydroxylation sites is 2. The summed E-state index contributed by atoms with van der Waals surface area (Å²) in [6.07, 6.45) is 3.45. The molecule has 3 aromatic heterocycles. The van der Waals surface area contributed by atoms with Crippen LogP contribution in [0.3, 0.4) is 0 Å². The lowest BCUT2D eigenvalue weighted by Gasteiger charge is -2.21. The largest absolute Gasteiger partial charge is 0.454 e. The number of rotatable bonds is 6. The second-order valence-corrected chi connectivity index (χ2v) is 13.8. The van der Waals surface area contributed by atoms with Crippen molar-refractivity contribution in [3.63, 3.8) is 0 Å². The molecule has 10 rings (SSSR count). The van der Waals surface area contributed by atoms with Crippen LogP contribution in [0.4, 0.5) is 0 Å². The lowest BCUT2D eigenvalue weighted by molar-refractivity contribution is 0.660. The number of hydrogen-bond acceptors (Lipinski definition) is 6. The summed E-state index contributed by atoms with van der Waals surface area (Å²) in [5.74, 6) is 1.33. The molecule has 0 aliphatic heterocycles. The van der Waals surface area contributed by atoms with Gasteiger partial charge in [0.15, 0.2) is 23.1 Å². The SMILES string of the molecule is CC1(C)c2ccccc2-c2ccc(-c3nc(C(=N)/C=C\Nn4c5ccccc5c5ccc6c7ccccc7oc6c54)nc(-c4ccccc4)n3)cc21. The van der Waals surface area contributed by atoms with E-state index in [4.69, 9.17) is 19.4 Å². The summed E-state index contributed by atoms with van der Waals surface area (Å²) in [6, 6.07) is 45.6. The van der Waals surface area contributed by atoms with Gasteiger partial charge in [-0.2, -0.15) is 0 Å². The maximum atomic E-state index is 9.17. The molecule has 7 heteroatoms. The molecule has 0 spiro atoms. The molecule has 0 saturated carbocycles. The highest BCUT2D eigenvalue weighted by Gasteiger charge is 2.35. The van der Waals surface area contributed by atoms with E-state index in [0.717, 1.165) is 54.9 Å². The molecule has 0 bridgehead atoms. The first-order chi connectivity index (χ1) is 25.5. The van der Waals surface area contributed by atoms with Gasteiger partial charge in [-0.25, -0.2) is 15.0 Å². The number of furan rings is 1. The molecule has 2 N–H and O–H groups in total. The quantitative estimate of drug-likeness (QED) is 0.172. The van der Waals surface area contributed by atoms with E-state index in [1.165, 1.54) is 22.3 Å². The molecule has 0 atom stereocenters. The second-order valence-electron chi connectivity index (χ2n) is 13.8. The van der Waals surface area contributed by atoms with Crippen molar-refractivity contribution in [2.75, 3.05) is 5.43 Å². The highest BCUT2D eigenvalue weighted by molar-refractivity contribution is 6.21. The fourth-order valence-corrected chi connectivity index (χ4v) is 7.82. The average Bonchev–Trinajstić information content (AvgIpc) is 3.80. The van der Waals surface area contributed by atoms with Gasteiger partial charge in [0.25, 0.3) is 0 Å². The molecule has 0 unspecified atom stereocenters. The molecule has 52 heavy (non-hydrogen) atoms. The first-order valence-corrected chi connectivity index (χ1v) is 17.4. The lowest BCUT2D eigenvalue weighted by Crippen LogP contribution is -2.15. The van der Waals surface area contributed by atoms with Crippen LogP contribution < -0.4 is 5.43 Å². The number of fused-ring (bicyclic) bond motifs is 10. The van der Waals surface area contributed by atoms with Gasteiger partial charge in [0, 0.05) is 44.3 Å². The molecule has 0 saturated heterocycles. The maximum Gasteiger partial charge on any atom is 0.181 e. The summed E-state index contributed by atoms with van der Waals surface area (Å²) in [6.45, 7) is 4.53. The van der Waals surface area contributed by atoms with E-state index >= 15 is 0 Å². The van der Waals surface area contributed by atoms with Gasteiger partial charge in [-0.05, 0) is 52.6 Å². The molecule has 6 aromatic carbocycles. The molecule has 0 amide bonds. The molecule has 9 aromatic rings. The molecular weight excluding hydrogens is 641 g/mol. The Kier molecular flexibility index (Phi) is 6.54. The Balaban J connectivity index is 1.05. The van der Waals surface area contributed by atoms with E-state index in [-0.39, 0.29) is 17.0 Å². The van der Waals surface area contributed by atoms with Gasteiger partial charge in [0.2, 0.25) is 0 Å². The third-order valence-corrected chi connectivity index (χ3v) is 10.4. The zero-order chi connectivity index (χ0) is 35.0. The van der Waals surface area contributed by atoms with E-state index < -0.39 is 0 Å². The second kappa shape index (κ2) is 11.3. The minimum absolute atomic E-state index is 0.150. The molecule has 248 valence electrons. The number of hydrogen-bond donors (Lipinski definition) is 2. The fourth-order valence-electron chi connectivity index (χ4n) is 7.82. The van der Waals surface area contributed by atoms with Crippen molar-refractivity contribution in [3.8, 4) is 33.9 Å². The van der Waals surface area contributed by atoms with Gasteiger partial charge < -0.3 is 9.84 Å². The third-order valence-electron chi connectivity index (χ3n) is 10.4. The van der Waals surface area contributed by atoms with Gasteiger partial charge in [0.1, 0.15) is 16.8 Å². The minimum atomic E-state index is -0.165. The zero-order valence-corrected chi connectivity index (χ0v) is 28.6. The monoisotopic (exact) mass is 672 g/mol. The van der Waals surface area contributed by atoms with Crippen LogP contribution in [0.25, 0.3) is 77.6 Å². The van der Waals surface area contributed by atoms with Crippen LogP contribution in [-0.4, -0.2) is 25.3 Å². The van der Waals surface area contributed by atoms with Crippen molar-refractivity contribution < 1.29 is 4.42 Å². The van der Waals surface area contributed by atoms with E-state index in [2.05, 4.69) is 92.1 Å². The summed E-state index contributed by atoms with van der Waals surface area (Å²) in [5.41, 5.74) is 13.8. The molecule has 1 aliphatic carbocycles. The number of allylic oxidation sites excluding steroid dienone is 1. The van der Waals surface area contributed by atoms with Gasteiger partial charge in [0.05, 0.1) is 5.52 Å². The van der Waals surface area contributed by atoms with Crippen LogP contribution in [0.15, 0.2) is 150 Å². The van der Waals surface area contributed by atoms with E-state index in [0.29, 0.717) is 11.6 Å². The lowest BCUT2D eigenvalue weighted by atomic mass is 9.82. The van der Waals surface area contributed by atoms with Crippen molar-refractivity contribution in [1.29, 1.82) is 5.41 Å². The van der Waals surface area contributed by atoms with Crippen molar-refractivity contribution in [2.45, 2.75) is 19.3 Å².